The van der Waals surface area contributed by atoms with E-state index in [1.54, 1.807) is 17.6 Å². The van der Waals surface area contributed by atoms with Gasteiger partial charge in [-0.2, -0.15) is 0 Å². The number of nitrogens with one attached hydrogen (secondary N) is 2. The Morgan fingerprint density at radius 1 is 1.08 bits per heavy atom. The number of hydroxylamine groups is 1. The summed E-state index contributed by atoms with van der Waals surface area (Å²) in [5, 5.41) is 11.9. The lowest BCUT2D eigenvalue weighted by molar-refractivity contribution is -0.127. The summed E-state index contributed by atoms with van der Waals surface area (Å²) in [4.78, 5) is 24.1. The second kappa shape index (κ2) is 7.79. The van der Waals surface area contributed by atoms with Gasteiger partial charge in [-0.15, -0.1) is 0 Å². The van der Waals surface area contributed by atoms with Crippen LogP contribution in [-0.4, -0.2) is 17.0 Å². The maximum absolute atomic E-state index is 12.6. The van der Waals surface area contributed by atoms with Crippen LogP contribution in [0.1, 0.15) is 74.8 Å². The molecule has 2 rings (SSSR count). The van der Waals surface area contributed by atoms with Crippen LogP contribution in [0.2, 0.25) is 0 Å². The molecule has 1 aromatic rings. The lowest BCUT2D eigenvalue weighted by atomic mass is 9.81. The molecule has 0 bridgehead atoms. The van der Waals surface area contributed by atoms with Crippen molar-refractivity contribution in [2.75, 3.05) is 0 Å². The Bertz CT molecular complexity index is 569. The van der Waals surface area contributed by atoms with Crippen molar-refractivity contribution in [3.63, 3.8) is 0 Å². The Morgan fingerprint density at radius 2 is 1.67 bits per heavy atom. The quantitative estimate of drug-likeness (QED) is 0.582. The number of rotatable bonds is 4. The Morgan fingerprint density at radius 3 is 2.17 bits per heavy atom. The average molecular weight is 332 g/mol. The van der Waals surface area contributed by atoms with Crippen molar-refractivity contribution in [2.24, 2.45) is 11.3 Å². The molecule has 3 N–H and O–H groups in total. The fraction of sp³-hybridized carbons (Fsp3) is 0.579. The first-order chi connectivity index (χ1) is 11.3. The number of hydrogen-bond acceptors (Lipinski definition) is 3. The van der Waals surface area contributed by atoms with Gasteiger partial charge in [-0.05, 0) is 36.0 Å². The average Bonchev–Trinajstić information content (AvgIpc) is 2.58. The highest BCUT2D eigenvalue weighted by Gasteiger charge is 2.30. The largest absolute Gasteiger partial charge is 0.349 e. The molecule has 0 aliphatic heterocycles. The third-order valence-electron chi connectivity index (χ3n) is 4.74. The zero-order valence-corrected chi connectivity index (χ0v) is 14.8. The molecule has 0 spiro atoms. The molecular weight excluding hydrogens is 304 g/mol. The maximum atomic E-state index is 12.6. The summed E-state index contributed by atoms with van der Waals surface area (Å²) in [5.41, 5.74) is 2.82. The van der Waals surface area contributed by atoms with E-state index in [9.17, 15) is 9.59 Å². The van der Waals surface area contributed by atoms with Gasteiger partial charge in [0.15, 0.2) is 0 Å². The molecule has 1 aromatic carbocycles. The molecule has 5 heteroatoms. The summed E-state index contributed by atoms with van der Waals surface area (Å²) in [7, 11) is 0. The maximum Gasteiger partial charge on any atom is 0.274 e. The van der Waals surface area contributed by atoms with Gasteiger partial charge in [0.1, 0.15) is 0 Å². The van der Waals surface area contributed by atoms with Crippen molar-refractivity contribution in [2.45, 2.75) is 58.9 Å². The van der Waals surface area contributed by atoms with Crippen LogP contribution in [0.5, 0.6) is 0 Å². The third kappa shape index (κ3) is 4.57. The first kappa shape index (κ1) is 18.5. The molecule has 0 aromatic heterocycles. The van der Waals surface area contributed by atoms with Gasteiger partial charge in [-0.25, -0.2) is 5.48 Å². The van der Waals surface area contributed by atoms with Crippen LogP contribution in [0.4, 0.5) is 0 Å². The topological polar surface area (TPSA) is 78.4 Å². The summed E-state index contributed by atoms with van der Waals surface area (Å²) in [5.74, 6) is -0.296. The van der Waals surface area contributed by atoms with E-state index in [0.29, 0.717) is 5.56 Å². The monoisotopic (exact) mass is 332 g/mol. The zero-order chi connectivity index (χ0) is 17.7. The SMILES string of the molecule is CC(C)(C)C(NC(=O)C1CCCCC1)c1ccc(C(=O)NO)cc1. The molecular formula is C19H28N2O3. The Kier molecular flexibility index (Phi) is 5.99. The molecule has 132 valence electrons. The predicted molar refractivity (Wildman–Crippen MR) is 92.6 cm³/mol. The summed E-state index contributed by atoms with van der Waals surface area (Å²) in [6.07, 6.45) is 5.42. The number of hydrogen-bond donors (Lipinski definition) is 3. The van der Waals surface area contributed by atoms with E-state index in [4.69, 9.17) is 5.21 Å². The lowest BCUT2D eigenvalue weighted by Crippen LogP contribution is -2.40. The van der Waals surface area contributed by atoms with Gasteiger partial charge in [0.25, 0.3) is 5.91 Å². The van der Waals surface area contributed by atoms with Crippen LogP contribution >= 0.6 is 0 Å². The van der Waals surface area contributed by atoms with Crippen molar-refractivity contribution in [1.29, 1.82) is 0 Å². The summed E-state index contributed by atoms with van der Waals surface area (Å²) >= 11 is 0. The van der Waals surface area contributed by atoms with Gasteiger partial charge >= 0.3 is 0 Å². The molecule has 1 fully saturated rings. The van der Waals surface area contributed by atoms with E-state index < -0.39 is 5.91 Å². The molecule has 24 heavy (non-hydrogen) atoms. The van der Waals surface area contributed by atoms with Crippen molar-refractivity contribution < 1.29 is 14.8 Å². The van der Waals surface area contributed by atoms with Crippen molar-refractivity contribution in [3.05, 3.63) is 35.4 Å². The molecule has 0 heterocycles. The fourth-order valence-electron chi connectivity index (χ4n) is 3.32. The minimum atomic E-state index is -0.542. The van der Waals surface area contributed by atoms with E-state index in [2.05, 4.69) is 26.1 Å². The van der Waals surface area contributed by atoms with Gasteiger partial charge in [0.2, 0.25) is 5.91 Å². The number of carbonyl (C=O) groups excluding carboxylic acids is 2. The lowest BCUT2D eigenvalue weighted by Gasteiger charge is -2.34. The smallest absolute Gasteiger partial charge is 0.274 e. The summed E-state index contributed by atoms with van der Waals surface area (Å²) in [6, 6.07) is 6.86. The number of carbonyl (C=O) groups is 2. The molecule has 1 atom stereocenters. The highest BCUT2D eigenvalue weighted by atomic mass is 16.5. The van der Waals surface area contributed by atoms with Crippen LogP contribution in [0.3, 0.4) is 0 Å². The molecule has 0 saturated heterocycles. The van der Waals surface area contributed by atoms with Gasteiger partial charge in [-0.1, -0.05) is 52.2 Å². The minimum Gasteiger partial charge on any atom is -0.349 e. The van der Waals surface area contributed by atoms with Crippen molar-refractivity contribution in [3.8, 4) is 0 Å². The molecule has 1 saturated carbocycles. The second-order valence-electron chi connectivity index (χ2n) is 7.71. The van der Waals surface area contributed by atoms with E-state index in [0.717, 1.165) is 31.2 Å². The van der Waals surface area contributed by atoms with Gasteiger partial charge < -0.3 is 5.32 Å². The van der Waals surface area contributed by atoms with Crippen LogP contribution < -0.4 is 10.8 Å². The summed E-state index contributed by atoms with van der Waals surface area (Å²) in [6.45, 7) is 6.27. The predicted octanol–water partition coefficient (Wildman–Crippen LogP) is 3.59. The molecule has 0 radical (unpaired) electrons. The third-order valence-corrected chi connectivity index (χ3v) is 4.74. The molecule has 1 aliphatic rings. The van der Waals surface area contributed by atoms with Crippen LogP contribution in [0.25, 0.3) is 0 Å². The Balaban J connectivity index is 2.16. The number of amides is 2. The van der Waals surface area contributed by atoms with Crippen LogP contribution in [0, 0.1) is 11.3 Å². The fourth-order valence-corrected chi connectivity index (χ4v) is 3.32. The molecule has 1 unspecified atom stereocenters. The number of benzene rings is 1. The second-order valence-corrected chi connectivity index (χ2v) is 7.71. The van der Waals surface area contributed by atoms with Gasteiger partial charge in [-0.3, -0.25) is 14.8 Å². The standard InChI is InChI=1S/C19H28N2O3/c1-19(2,3)16(20-17(22)14-7-5-4-6-8-14)13-9-11-15(12-10-13)18(23)21-24/h9-12,14,16,24H,4-8H2,1-3H3,(H,20,22)(H,21,23). The van der Waals surface area contributed by atoms with E-state index in [1.807, 2.05) is 12.1 Å². The van der Waals surface area contributed by atoms with Crippen molar-refractivity contribution >= 4 is 11.8 Å². The van der Waals surface area contributed by atoms with Gasteiger partial charge in [0.05, 0.1) is 6.04 Å². The molecule has 2 amide bonds. The van der Waals surface area contributed by atoms with Crippen molar-refractivity contribution in [1.82, 2.24) is 10.8 Å². The Hall–Kier alpha value is -1.88. The normalized spacial score (nSPS) is 17.2. The van der Waals surface area contributed by atoms with E-state index >= 15 is 0 Å². The first-order valence-electron chi connectivity index (χ1n) is 8.67. The highest BCUT2D eigenvalue weighted by molar-refractivity contribution is 5.93. The van der Waals surface area contributed by atoms with Gasteiger partial charge in [0, 0.05) is 11.5 Å². The molecule has 5 nitrogen and oxygen atoms in total. The first-order valence-corrected chi connectivity index (χ1v) is 8.67. The zero-order valence-electron chi connectivity index (χ0n) is 14.8. The van der Waals surface area contributed by atoms with E-state index in [-0.39, 0.29) is 23.3 Å². The van der Waals surface area contributed by atoms with E-state index in [1.165, 1.54) is 6.42 Å². The summed E-state index contributed by atoms with van der Waals surface area (Å²) < 4.78 is 0. The Labute approximate surface area is 143 Å². The van der Waals surface area contributed by atoms with Crippen LogP contribution in [-0.2, 0) is 4.79 Å². The minimum absolute atomic E-state index is 0.114. The van der Waals surface area contributed by atoms with Crippen LogP contribution in [0.15, 0.2) is 24.3 Å². The molecule has 1 aliphatic carbocycles. The highest BCUT2D eigenvalue weighted by Crippen LogP contribution is 2.34.